The average Bonchev–Trinajstić information content (AvgIpc) is 3.36. The quantitative estimate of drug-likeness (QED) is 0.549. The van der Waals surface area contributed by atoms with Crippen LogP contribution in [0, 0.1) is 13.8 Å². The first-order chi connectivity index (χ1) is 16.2. The molecule has 0 spiro atoms. The van der Waals surface area contributed by atoms with Crippen LogP contribution in [0.4, 0.5) is 0 Å². The lowest BCUT2D eigenvalue weighted by Crippen LogP contribution is -2.46. The van der Waals surface area contributed by atoms with Crippen molar-refractivity contribution in [1.29, 1.82) is 0 Å². The van der Waals surface area contributed by atoms with Crippen molar-refractivity contribution in [3.05, 3.63) is 45.5 Å². The number of hydrogen-bond donors (Lipinski definition) is 2. The molecular weight excluding hydrogens is 458 g/mol. The number of aryl methyl sites for hydroxylation is 1. The molecule has 2 aliphatic heterocycles. The van der Waals surface area contributed by atoms with Crippen molar-refractivity contribution in [2.45, 2.75) is 91.9 Å². The molecule has 3 rings (SSSR count). The van der Waals surface area contributed by atoms with Gasteiger partial charge in [0.25, 0.3) is 0 Å². The predicted molar refractivity (Wildman–Crippen MR) is 149 cm³/mol. The van der Waals surface area contributed by atoms with Gasteiger partial charge in [0.1, 0.15) is 5.37 Å². The van der Waals surface area contributed by atoms with Crippen molar-refractivity contribution in [2.75, 3.05) is 33.8 Å². The third kappa shape index (κ3) is 8.24. The van der Waals surface area contributed by atoms with Gasteiger partial charge >= 0.3 is 0 Å². The van der Waals surface area contributed by atoms with E-state index in [-0.39, 0.29) is 11.3 Å². The third-order valence-corrected chi connectivity index (χ3v) is 8.38. The highest BCUT2D eigenvalue weighted by molar-refractivity contribution is 8.03. The van der Waals surface area contributed by atoms with Crippen LogP contribution >= 0.6 is 11.8 Å². The molecule has 200 valence electrons. The summed E-state index contributed by atoms with van der Waals surface area (Å²) in [5, 5.41) is 13.3. The summed E-state index contributed by atoms with van der Waals surface area (Å²) in [7, 11) is 3.60. The van der Waals surface area contributed by atoms with E-state index in [4.69, 9.17) is 4.74 Å². The third-order valence-electron chi connectivity index (χ3n) is 7.12. The van der Waals surface area contributed by atoms with Crippen LogP contribution in [-0.4, -0.2) is 71.8 Å². The van der Waals surface area contributed by atoms with Gasteiger partial charge in [0, 0.05) is 23.8 Å². The maximum atomic E-state index is 12.5. The van der Waals surface area contributed by atoms with Gasteiger partial charge in [0.15, 0.2) is 0 Å². The number of methoxy groups -OCH3 is 1. The van der Waals surface area contributed by atoms with E-state index in [0.717, 1.165) is 6.54 Å². The average molecular weight is 508 g/mol. The summed E-state index contributed by atoms with van der Waals surface area (Å²) in [5.74, 6) is 0.214. The van der Waals surface area contributed by atoms with E-state index < -0.39 is 11.2 Å². The Hall–Kier alpha value is -1.54. The molecule has 0 saturated heterocycles. The molecule has 2 aliphatic rings. The molecule has 0 aliphatic carbocycles. The van der Waals surface area contributed by atoms with Crippen molar-refractivity contribution >= 4 is 17.7 Å². The summed E-state index contributed by atoms with van der Waals surface area (Å²) < 4.78 is 5.05. The standard InChI is InChI=1S/C19H27N3OS.C7H16O2.C2H6/c1-12(2)21(5)11-18(23)22-9-16-17(10-22)24-19(20-16)15-8-6-7-13(3)14(15)4;1-6(2,8)7(3,4)9-5;1-2/h6-8,12,19-20H,9-11H2,1-5H3;8H,1-5H3;1-2H3. The minimum atomic E-state index is -0.776. The Morgan fingerprint density at radius 3 is 2.29 bits per heavy atom. The van der Waals surface area contributed by atoms with Crippen LogP contribution < -0.4 is 5.32 Å². The highest BCUT2D eigenvalue weighted by Crippen LogP contribution is 2.44. The monoisotopic (exact) mass is 507 g/mol. The second kappa shape index (κ2) is 13.1. The van der Waals surface area contributed by atoms with Gasteiger partial charge in [0.2, 0.25) is 5.91 Å². The smallest absolute Gasteiger partial charge is 0.237 e. The Morgan fingerprint density at radius 1 is 1.23 bits per heavy atom. The number of rotatable bonds is 6. The fraction of sp³-hybridized carbons (Fsp3) is 0.679. The number of ether oxygens (including phenoxy) is 1. The topological polar surface area (TPSA) is 65.0 Å². The zero-order valence-corrected chi connectivity index (χ0v) is 24.9. The molecule has 2 N–H and O–H groups in total. The highest BCUT2D eigenvalue weighted by Gasteiger charge is 2.35. The van der Waals surface area contributed by atoms with Gasteiger partial charge in [-0.2, -0.15) is 0 Å². The lowest BCUT2D eigenvalue weighted by Gasteiger charge is -2.35. The molecule has 0 radical (unpaired) electrons. The first-order valence-electron chi connectivity index (χ1n) is 12.6. The maximum absolute atomic E-state index is 12.5. The van der Waals surface area contributed by atoms with E-state index >= 15 is 0 Å². The Morgan fingerprint density at radius 2 is 1.83 bits per heavy atom. The van der Waals surface area contributed by atoms with Gasteiger partial charge in [-0.25, -0.2) is 0 Å². The molecule has 2 heterocycles. The first-order valence-corrected chi connectivity index (χ1v) is 13.5. The Labute approximate surface area is 218 Å². The van der Waals surface area contributed by atoms with Crippen LogP contribution in [0.25, 0.3) is 0 Å². The zero-order chi connectivity index (χ0) is 27.1. The van der Waals surface area contributed by atoms with Crippen molar-refractivity contribution in [3.63, 3.8) is 0 Å². The lowest BCUT2D eigenvalue weighted by molar-refractivity contribution is -0.131. The molecule has 0 bridgehead atoms. The molecule has 0 saturated carbocycles. The highest BCUT2D eigenvalue weighted by atomic mass is 32.2. The van der Waals surface area contributed by atoms with Gasteiger partial charge in [-0.05, 0) is 79.1 Å². The molecule has 1 atom stereocenters. The second-order valence-corrected chi connectivity index (χ2v) is 11.6. The number of nitrogens with one attached hydrogen (secondary N) is 1. The SMILES string of the molecule is CC.COC(C)(C)C(C)(C)O.Cc1cccc(C2NC3=C(CN(C(=O)CN(C)C(C)C)C3)S2)c1C. The van der Waals surface area contributed by atoms with Crippen LogP contribution in [0.5, 0.6) is 0 Å². The molecule has 6 nitrogen and oxygen atoms in total. The number of benzene rings is 1. The Balaban J connectivity index is 0.000000473. The fourth-order valence-electron chi connectivity index (χ4n) is 3.29. The zero-order valence-electron chi connectivity index (χ0n) is 24.1. The summed E-state index contributed by atoms with van der Waals surface area (Å²) in [6.45, 7) is 21.7. The summed E-state index contributed by atoms with van der Waals surface area (Å²) in [5.41, 5.74) is 4.03. The number of amides is 1. The molecule has 7 heteroatoms. The number of likely N-dealkylation sites (N-methyl/N-ethyl adjacent to an activating group) is 1. The van der Waals surface area contributed by atoms with Crippen LogP contribution in [0.1, 0.15) is 77.5 Å². The van der Waals surface area contributed by atoms with E-state index in [9.17, 15) is 9.90 Å². The number of hydrogen-bond acceptors (Lipinski definition) is 6. The van der Waals surface area contributed by atoms with Crippen LogP contribution in [0.15, 0.2) is 28.8 Å². The number of carbonyl (C=O) groups excluding carboxylic acids is 1. The molecule has 1 aromatic carbocycles. The number of thioether (sulfide) groups is 1. The van der Waals surface area contributed by atoms with Gasteiger partial charge in [-0.1, -0.05) is 43.8 Å². The largest absolute Gasteiger partial charge is 0.387 e. The van der Waals surface area contributed by atoms with Crippen molar-refractivity contribution in [3.8, 4) is 0 Å². The Bertz CT molecular complexity index is 857. The van der Waals surface area contributed by atoms with Crippen LogP contribution in [-0.2, 0) is 9.53 Å². The molecule has 0 aromatic heterocycles. The van der Waals surface area contributed by atoms with Crippen LogP contribution in [0.3, 0.4) is 0 Å². The number of carbonyl (C=O) groups is 1. The number of aliphatic hydroxyl groups is 1. The van der Waals surface area contributed by atoms with E-state index in [1.165, 1.54) is 27.3 Å². The molecular formula is C28H49N3O3S. The summed E-state index contributed by atoms with van der Waals surface area (Å²) in [4.78, 5) is 17.8. The molecule has 1 amide bonds. The van der Waals surface area contributed by atoms with Crippen molar-refractivity contribution in [2.24, 2.45) is 0 Å². The predicted octanol–water partition coefficient (Wildman–Crippen LogP) is 5.24. The second-order valence-electron chi connectivity index (χ2n) is 10.4. The Kier molecular flexibility index (Phi) is 11.8. The summed E-state index contributed by atoms with van der Waals surface area (Å²) in [6.07, 6.45) is 0. The lowest BCUT2D eigenvalue weighted by atomic mass is 9.90. The minimum absolute atomic E-state index is 0.214. The molecule has 1 unspecified atom stereocenters. The molecule has 1 aromatic rings. The van der Waals surface area contributed by atoms with Crippen LogP contribution in [0.2, 0.25) is 0 Å². The van der Waals surface area contributed by atoms with Gasteiger partial charge < -0.3 is 20.1 Å². The summed E-state index contributed by atoms with van der Waals surface area (Å²) in [6, 6.07) is 6.87. The maximum Gasteiger partial charge on any atom is 0.237 e. The normalized spacial score (nSPS) is 17.6. The van der Waals surface area contributed by atoms with E-state index in [0.29, 0.717) is 19.1 Å². The molecule has 35 heavy (non-hydrogen) atoms. The fourth-order valence-corrected chi connectivity index (χ4v) is 4.65. The van der Waals surface area contributed by atoms with Gasteiger partial charge in [-0.15, -0.1) is 0 Å². The minimum Gasteiger partial charge on any atom is -0.387 e. The van der Waals surface area contributed by atoms with E-state index in [1.54, 1.807) is 21.0 Å². The van der Waals surface area contributed by atoms with Crippen molar-refractivity contribution < 1.29 is 14.6 Å². The van der Waals surface area contributed by atoms with Crippen molar-refractivity contribution in [1.82, 2.24) is 15.1 Å². The van der Waals surface area contributed by atoms with Gasteiger partial charge in [-0.3, -0.25) is 9.69 Å². The molecule has 0 fully saturated rings. The first kappa shape index (κ1) is 31.5. The van der Waals surface area contributed by atoms with Gasteiger partial charge in [0.05, 0.1) is 30.8 Å². The number of nitrogens with zero attached hydrogens (tertiary/aromatic N) is 2. The van der Waals surface area contributed by atoms with E-state index in [1.807, 2.05) is 51.4 Å². The van der Waals surface area contributed by atoms with E-state index in [2.05, 4.69) is 56.1 Å². The summed E-state index contributed by atoms with van der Waals surface area (Å²) >= 11 is 1.86.